The first-order valence-corrected chi connectivity index (χ1v) is 9.78. The number of aromatic hydroxyl groups is 2. The lowest BCUT2D eigenvalue weighted by Crippen LogP contribution is -3.15. The van der Waals surface area contributed by atoms with Crippen molar-refractivity contribution in [1.82, 2.24) is 0 Å². The van der Waals surface area contributed by atoms with Crippen molar-refractivity contribution in [2.24, 2.45) is 0 Å². The normalized spacial score (nSPS) is 14.8. The zero-order chi connectivity index (χ0) is 19.4. The van der Waals surface area contributed by atoms with Crippen LogP contribution in [0.4, 0.5) is 5.69 Å². The van der Waals surface area contributed by atoms with E-state index in [-0.39, 0.29) is 12.4 Å². The first-order chi connectivity index (χ1) is 13.0. The Labute approximate surface area is 174 Å². The third-order valence-electron chi connectivity index (χ3n) is 5.36. The van der Waals surface area contributed by atoms with Gasteiger partial charge in [-0.3, -0.25) is 0 Å². The second-order valence-electron chi connectivity index (χ2n) is 7.66. The van der Waals surface area contributed by atoms with Gasteiger partial charge in [-0.15, -0.1) is 0 Å². The van der Waals surface area contributed by atoms with Gasteiger partial charge in [-0.2, -0.15) is 0 Å². The number of aryl methyl sites for hydroxylation is 1. The first kappa shape index (κ1) is 22.2. The van der Waals surface area contributed by atoms with Crippen molar-refractivity contribution in [3.63, 3.8) is 0 Å². The number of halogens is 1. The molecular weight excluding hydrogens is 376 g/mol. The van der Waals surface area contributed by atoms with E-state index in [1.54, 1.807) is 6.07 Å². The molecule has 1 aliphatic rings. The number of quaternary nitrogens is 1. The van der Waals surface area contributed by atoms with Gasteiger partial charge in [0.05, 0.1) is 31.9 Å². The molecule has 2 aromatic carbocycles. The fourth-order valence-corrected chi connectivity index (χ4v) is 3.61. The van der Waals surface area contributed by atoms with Crippen LogP contribution < -0.4 is 26.9 Å². The average molecular weight is 407 g/mol. The third kappa shape index (κ3) is 5.24. The van der Waals surface area contributed by atoms with E-state index in [2.05, 4.69) is 18.7 Å². The predicted octanol–water partition coefficient (Wildman–Crippen LogP) is -0.682. The number of ether oxygens (including phenoxy) is 1. The van der Waals surface area contributed by atoms with Crippen molar-refractivity contribution in [3.8, 4) is 17.2 Å². The first-order valence-electron chi connectivity index (χ1n) is 9.78. The van der Waals surface area contributed by atoms with Crippen LogP contribution in [-0.4, -0.2) is 49.5 Å². The number of phenols is 2. The summed E-state index contributed by atoms with van der Waals surface area (Å²) in [6.45, 7) is 11.7. The molecule has 0 aromatic heterocycles. The van der Waals surface area contributed by atoms with Crippen LogP contribution in [0, 0.1) is 6.92 Å². The highest BCUT2D eigenvalue weighted by Gasteiger charge is 2.22. The lowest BCUT2D eigenvalue weighted by Gasteiger charge is -2.33. The predicted molar refractivity (Wildman–Crippen MR) is 108 cm³/mol. The lowest BCUT2D eigenvalue weighted by atomic mass is 10.00. The largest absolute Gasteiger partial charge is 1.00 e. The molecule has 154 valence electrons. The molecule has 1 heterocycles. The van der Waals surface area contributed by atoms with Gasteiger partial charge in [0.25, 0.3) is 0 Å². The van der Waals surface area contributed by atoms with Crippen molar-refractivity contribution in [2.45, 2.75) is 26.7 Å². The van der Waals surface area contributed by atoms with Gasteiger partial charge in [0.2, 0.25) is 0 Å². The van der Waals surface area contributed by atoms with Gasteiger partial charge in [0.1, 0.15) is 30.4 Å². The summed E-state index contributed by atoms with van der Waals surface area (Å²) in [5, 5.41) is 20.0. The molecule has 3 rings (SSSR count). The molecule has 0 bridgehead atoms. The lowest BCUT2D eigenvalue weighted by molar-refractivity contribution is -0.900. The van der Waals surface area contributed by atoms with E-state index in [4.69, 9.17) is 4.74 Å². The number of phenolic OH excluding ortho intramolecular Hbond substituents is 2. The summed E-state index contributed by atoms with van der Waals surface area (Å²) in [6.07, 6.45) is 0. The van der Waals surface area contributed by atoms with E-state index in [1.807, 2.05) is 37.3 Å². The number of rotatable bonds is 6. The molecule has 1 aliphatic heterocycles. The molecule has 0 radical (unpaired) electrons. The van der Waals surface area contributed by atoms with Crippen LogP contribution in [0.3, 0.4) is 0 Å². The van der Waals surface area contributed by atoms with E-state index in [0.29, 0.717) is 24.0 Å². The molecule has 5 nitrogen and oxygen atoms in total. The number of hydrogen-bond donors (Lipinski definition) is 3. The molecule has 3 N–H and O–H groups in total. The van der Waals surface area contributed by atoms with Crippen molar-refractivity contribution in [2.75, 3.05) is 44.2 Å². The number of nitrogens with one attached hydrogen (secondary N) is 1. The maximum Gasteiger partial charge on any atom is 0.138 e. The molecular formula is C22H31ClN2O3. The summed E-state index contributed by atoms with van der Waals surface area (Å²) in [6, 6.07) is 11.3. The fraction of sp³-hybridized carbons (Fsp3) is 0.455. The van der Waals surface area contributed by atoms with E-state index in [9.17, 15) is 10.2 Å². The van der Waals surface area contributed by atoms with Crippen molar-refractivity contribution in [3.05, 3.63) is 47.5 Å². The van der Waals surface area contributed by atoms with Gasteiger partial charge in [-0.1, -0.05) is 26.0 Å². The quantitative estimate of drug-likeness (QED) is 0.595. The Kier molecular flexibility index (Phi) is 7.84. The molecule has 2 aromatic rings. The summed E-state index contributed by atoms with van der Waals surface area (Å²) in [5.74, 6) is 1.87. The van der Waals surface area contributed by atoms with Gasteiger partial charge in [0.15, 0.2) is 0 Å². The zero-order valence-electron chi connectivity index (χ0n) is 16.9. The summed E-state index contributed by atoms with van der Waals surface area (Å²) in [4.78, 5) is 3.77. The maximum atomic E-state index is 10.0. The minimum absolute atomic E-state index is 0. The zero-order valence-corrected chi connectivity index (χ0v) is 17.7. The number of nitrogens with zero attached hydrogens (tertiary/aromatic N) is 1. The van der Waals surface area contributed by atoms with Gasteiger partial charge >= 0.3 is 0 Å². The van der Waals surface area contributed by atoms with Crippen LogP contribution in [-0.2, 0) is 0 Å². The maximum absolute atomic E-state index is 10.0. The summed E-state index contributed by atoms with van der Waals surface area (Å²) in [5.41, 5.74) is 2.82. The number of anilines is 1. The van der Waals surface area contributed by atoms with E-state index >= 15 is 0 Å². The van der Waals surface area contributed by atoms with Crippen LogP contribution in [0.2, 0.25) is 0 Å². The Morgan fingerprint density at radius 3 is 2.39 bits per heavy atom. The number of hydrogen-bond acceptors (Lipinski definition) is 4. The van der Waals surface area contributed by atoms with Gasteiger partial charge in [0, 0.05) is 5.56 Å². The van der Waals surface area contributed by atoms with Crippen LogP contribution >= 0.6 is 0 Å². The molecule has 0 aliphatic carbocycles. The topological polar surface area (TPSA) is 57.4 Å². The minimum atomic E-state index is 0. The molecule has 1 saturated heterocycles. The third-order valence-corrected chi connectivity index (χ3v) is 5.36. The van der Waals surface area contributed by atoms with Crippen LogP contribution in [0.1, 0.15) is 30.9 Å². The van der Waals surface area contributed by atoms with Crippen LogP contribution in [0.5, 0.6) is 17.2 Å². The highest BCUT2D eigenvalue weighted by molar-refractivity contribution is 5.57. The Hall–Kier alpha value is -2.11. The van der Waals surface area contributed by atoms with Crippen molar-refractivity contribution >= 4 is 5.69 Å². The van der Waals surface area contributed by atoms with E-state index in [0.717, 1.165) is 55.3 Å². The summed E-state index contributed by atoms with van der Waals surface area (Å²) >= 11 is 0. The van der Waals surface area contributed by atoms with Gasteiger partial charge < -0.3 is 37.2 Å². The average Bonchev–Trinajstić information content (AvgIpc) is 2.65. The molecule has 0 unspecified atom stereocenters. The molecule has 0 amide bonds. The van der Waals surface area contributed by atoms with Crippen molar-refractivity contribution < 1.29 is 32.3 Å². The standard InChI is InChI=1S/C22H30N2O3.ClH/c1-16(2)18-15-21(26)17(3)14-22(18)27-13-12-23-8-10-24(11-9-23)19-6-4-5-7-20(19)25;/h4-7,14-16,25-26H,8-13H2,1-3H3;1H. The highest BCUT2D eigenvalue weighted by Crippen LogP contribution is 2.32. The van der Waals surface area contributed by atoms with Crippen molar-refractivity contribution in [1.29, 1.82) is 0 Å². The van der Waals surface area contributed by atoms with Crippen LogP contribution in [0.15, 0.2) is 36.4 Å². The Morgan fingerprint density at radius 2 is 1.75 bits per heavy atom. The Bertz CT molecular complexity index is 774. The number of piperazine rings is 1. The monoisotopic (exact) mass is 406 g/mol. The summed E-state index contributed by atoms with van der Waals surface area (Å²) in [7, 11) is 0. The molecule has 0 saturated carbocycles. The van der Waals surface area contributed by atoms with E-state index in [1.165, 1.54) is 4.90 Å². The smallest absolute Gasteiger partial charge is 0.138 e. The molecule has 6 heteroatoms. The van der Waals surface area contributed by atoms with Gasteiger partial charge in [-0.05, 0) is 42.7 Å². The molecule has 0 spiro atoms. The minimum Gasteiger partial charge on any atom is -1.00 e. The fourth-order valence-electron chi connectivity index (χ4n) is 3.61. The Morgan fingerprint density at radius 1 is 1.07 bits per heavy atom. The second-order valence-corrected chi connectivity index (χ2v) is 7.66. The molecule has 28 heavy (non-hydrogen) atoms. The SMILES string of the molecule is Cc1cc(OCC[NH+]2CCN(c3ccccc3O)CC2)c(C(C)C)cc1O.[Cl-]. The number of benzene rings is 2. The highest BCUT2D eigenvalue weighted by atomic mass is 35.5. The van der Waals surface area contributed by atoms with Crippen LogP contribution in [0.25, 0.3) is 0 Å². The second kappa shape index (κ2) is 9.89. The molecule has 0 atom stereocenters. The molecule has 1 fully saturated rings. The van der Waals surface area contributed by atoms with Gasteiger partial charge in [-0.25, -0.2) is 0 Å². The number of para-hydroxylation sites is 2. The van der Waals surface area contributed by atoms with E-state index < -0.39 is 0 Å². The Balaban J connectivity index is 0.00000280. The summed E-state index contributed by atoms with van der Waals surface area (Å²) < 4.78 is 6.08.